The van der Waals surface area contributed by atoms with Gasteiger partial charge in [-0.05, 0) is 13.0 Å². The van der Waals surface area contributed by atoms with Gasteiger partial charge in [0.05, 0.1) is 6.61 Å². The van der Waals surface area contributed by atoms with Gasteiger partial charge < -0.3 is 15.2 Å². The highest BCUT2D eigenvalue weighted by Crippen LogP contribution is 2.38. The van der Waals surface area contributed by atoms with Gasteiger partial charge in [-0.15, -0.1) is 12.4 Å². The fourth-order valence-electron chi connectivity index (χ4n) is 2.72. The summed E-state index contributed by atoms with van der Waals surface area (Å²) in [7, 11) is 0. The Labute approximate surface area is 135 Å². The minimum atomic E-state index is -2.42. The first kappa shape index (κ1) is 18.9. The molecule has 1 aliphatic rings. The molecule has 0 bridgehead atoms. The molecule has 4 nitrogen and oxygen atoms in total. The van der Waals surface area contributed by atoms with Crippen LogP contribution in [0.25, 0.3) is 0 Å². The van der Waals surface area contributed by atoms with Gasteiger partial charge in [-0.25, -0.2) is 8.78 Å². The largest absolute Gasteiger partial charge is 0.504 e. The van der Waals surface area contributed by atoms with E-state index in [4.69, 9.17) is 4.74 Å². The highest BCUT2D eigenvalue weighted by atomic mass is 35.5. The Balaban J connectivity index is 0.00000242. The number of hydrogen-bond donors (Lipinski definition) is 2. The van der Waals surface area contributed by atoms with Crippen LogP contribution >= 0.6 is 12.4 Å². The summed E-state index contributed by atoms with van der Waals surface area (Å²) < 4.78 is 31.3. The van der Waals surface area contributed by atoms with Crippen molar-refractivity contribution in [3.63, 3.8) is 0 Å². The van der Waals surface area contributed by atoms with E-state index >= 15 is 0 Å². The summed E-state index contributed by atoms with van der Waals surface area (Å²) in [6.45, 7) is 5.16. The van der Waals surface area contributed by atoms with Gasteiger partial charge in [-0.1, -0.05) is 12.1 Å². The smallest absolute Gasteiger partial charge is 0.240 e. The number of piperazine rings is 1. The van der Waals surface area contributed by atoms with Crippen LogP contribution in [0, 0.1) is 0 Å². The van der Waals surface area contributed by atoms with Crippen LogP contribution in [0.5, 0.6) is 11.5 Å². The molecule has 0 aliphatic carbocycles. The van der Waals surface area contributed by atoms with Crippen molar-refractivity contribution >= 4 is 12.4 Å². The third kappa shape index (κ3) is 4.69. The highest BCUT2D eigenvalue weighted by Gasteiger charge is 2.28. The second-order valence-corrected chi connectivity index (χ2v) is 5.06. The van der Waals surface area contributed by atoms with E-state index in [1.165, 1.54) is 0 Å². The Hall–Kier alpha value is -1.11. The molecular formula is C15H23ClF2N2O2. The van der Waals surface area contributed by atoms with E-state index in [1.54, 1.807) is 18.2 Å². The molecule has 0 aromatic heterocycles. The standard InChI is InChI=1S/C15H22F2N2O2.ClH/c1-2-21-13-5-3-4-11(15(13)20)12(10-14(16)17)19-8-6-18-7-9-19;/h3-5,12,14,18,20H,2,6-10H2,1H3;1H/t12-;/m0./s1. The molecule has 0 spiro atoms. The third-order valence-corrected chi connectivity index (χ3v) is 3.68. The maximum Gasteiger partial charge on any atom is 0.240 e. The molecule has 1 aromatic rings. The third-order valence-electron chi connectivity index (χ3n) is 3.68. The fourth-order valence-corrected chi connectivity index (χ4v) is 2.72. The Morgan fingerprint density at radius 2 is 2.00 bits per heavy atom. The monoisotopic (exact) mass is 336 g/mol. The zero-order valence-corrected chi connectivity index (χ0v) is 13.4. The number of para-hydroxylation sites is 1. The van der Waals surface area contributed by atoms with Crippen molar-refractivity contribution in [1.82, 2.24) is 10.2 Å². The van der Waals surface area contributed by atoms with Crippen molar-refractivity contribution in [2.75, 3.05) is 32.8 Å². The molecule has 1 fully saturated rings. The van der Waals surface area contributed by atoms with Crippen LogP contribution < -0.4 is 10.1 Å². The minimum Gasteiger partial charge on any atom is -0.504 e. The zero-order chi connectivity index (χ0) is 15.2. The molecule has 1 aliphatic heterocycles. The van der Waals surface area contributed by atoms with Gasteiger partial charge in [-0.3, -0.25) is 4.90 Å². The first-order valence-electron chi connectivity index (χ1n) is 7.31. The first-order valence-corrected chi connectivity index (χ1v) is 7.31. The normalized spacial score (nSPS) is 17.1. The lowest BCUT2D eigenvalue weighted by atomic mass is 9.99. The number of ether oxygens (including phenoxy) is 1. The number of rotatable bonds is 6. The van der Waals surface area contributed by atoms with Crippen molar-refractivity contribution in [1.29, 1.82) is 0 Å². The van der Waals surface area contributed by atoms with Crippen LogP contribution in [0.15, 0.2) is 18.2 Å². The average Bonchev–Trinajstić information content (AvgIpc) is 2.48. The lowest BCUT2D eigenvalue weighted by molar-refractivity contribution is 0.0727. The van der Waals surface area contributed by atoms with E-state index in [-0.39, 0.29) is 24.6 Å². The van der Waals surface area contributed by atoms with Crippen LogP contribution in [0.3, 0.4) is 0 Å². The van der Waals surface area contributed by atoms with E-state index < -0.39 is 12.5 Å². The van der Waals surface area contributed by atoms with E-state index in [9.17, 15) is 13.9 Å². The van der Waals surface area contributed by atoms with E-state index in [2.05, 4.69) is 5.32 Å². The van der Waals surface area contributed by atoms with Crippen LogP contribution in [0.4, 0.5) is 8.78 Å². The number of aromatic hydroxyl groups is 1. The van der Waals surface area contributed by atoms with Crippen LogP contribution in [-0.2, 0) is 0 Å². The average molecular weight is 337 g/mol. The predicted molar refractivity (Wildman–Crippen MR) is 84.3 cm³/mol. The SMILES string of the molecule is CCOc1cccc([C@H](CC(F)F)N2CCNCC2)c1O.Cl. The van der Waals surface area contributed by atoms with Gasteiger partial charge in [0.25, 0.3) is 0 Å². The van der Waals surface area contributed by atoms with Crippen LogP contribution in [-0.4, -0.2) is 49.2 Å². The predicted octanol–water partition coefficient (Wildman–Crippen LogP) is 2.81. The van der Waals surface area contributed by atoms with Crippen LogP contribution in [0.1, 0.15) is 24.9 Å². The summed E-state index contributed by atoms with van der Waals surface area (Å²) in [6.07, 6.45) is -2.71. The Kier molecular flexibility index (Phi) is 7.85. The fraction of sp³-hybridized carbons (Fsp3) is 0.600. The molecule has 22 heavy (non-hydrogen) atoms. The number of alkyl halides is 2. The van der Waals surface area contributed by atoms with E-state index in [0.717, 1.165) is 13.1 Å². The number of benzene rings is 1. The van der Waals surface area contributed by atoms with Gasteiger partial charge in [-0.2, -0.15) is 0 Å². The van der Waals surface area contributed by atoms with Crippen molar-refractivity contribution in [3.8, 4) is 11.5 Å². The Morgan fingerprint density at radius 1 is 1.32 bits per heavy atom. The van der Waals surface area contributed by atoms with Gasteiger partial charge in [0.1, 0.15) is 0 Å². The number of nitrogens with one attached hydrogen (secondary N) is 1. The number of phenolic OH excluding ortho intramolecular Hbond substituents is 1. The van der Waals surface area contributed by atoms with Crippen LogP contribution in [0.2, 0.25) is 0 Å². The first-order chi connectivity index (χ1) is 10.1. The second kappa shape index (κ2) is 9.12. The number of halogens is 3. The Bertz CT molecular complexity index is 457. The van der Waals surface area contributed by atoms with Gasteiger partial charge in [0, 0.05) is 44.2 Å². The van der Waals surface area contributed by atoms with Crippen molar-refractivity contribution in [2.24, 2.45) is 0 Å². The maximum atomic E-state index is 13.0. The molecule has 1 saturated heterocycles. The molecule has 2 N–H and O–H groups in total. The molecule has 1 atom stereocenters. The molecule has 0 amide bonds. The summed E-state index contributed by atoms with van der Waals surface area (Å²) in [6, 6.07) is 4.60. The lowest BCUT2D eigenvalue weighted by Crippen LogP contribution is -2.45. The van der Waals surface area contributed by atoms with E-state index in [1.807, 2.05) is 11.8 Å². The van der Waals surface area contributed by atoms with Crippen molar-refractivity contribution in [3.05, 3.63) is 23.8 Å². The molecule has 0 saturated carbocycles. The highest BCUT2D eigenvalue weighted by molar-refractivity contribution is 5.85. The summed E-state index contributed by atoms with van der Waals surface area (Å²) in [5.41, 5.74) is 0.517. The molecular weight excluding hydrogens is 314 g/mol. The number of phenols is 1. The number of nitrogens with zero attached hydrogens (tertiary/aromatic N) is 1. The molecule has 1 heterocycles. The summed E-state index contributed by atoms with van der Waals surface area (Å²) in [4.78, 5) is 1.99. The molecule has 126 valence electrons. The van der Waals surface area contributed by atoms with E-state index in [0.29, 0.717) is 31.0 Å². The minimum absolute atomic E-state index is 0. The quantitative estimate of drug-likeness (QED) is 0.838. The lowest BCUT2D eigenvalue weighted by Gasteiger charge is -2.35. The van der Waals surface area contributed by atoms with Crippen molar-refractivity contribution < 1.29 is 18.6 Å². The zero-order valence-electron chi connectivity index (χ0n) is 12.6. The summed E-state index contributed by atoms with van der Waals surface area (Å²) in [5, 5.41) is 13.5. The second-order valence-electron chi connectivity index (χ2n) is 5.06. The molecule has 7 heteroatoms. The topological polar surface area (TPSA) is 44.7 Å². The Morgan fingerprint density at radius 3 is 2.59 bits per heavy atom. The van der Waals surface area contributed by atoms with Gasteiger partial charge in [0.15, 0.2) is 11.5 Å². The van der Waals surface area contributed by atoms with Gasteiger partial charge >= 0.3 is 0 Å². The molecule has 2 rings (SSSR count). The molecule has 0 radical (unpaired) electrons. The van der Waals surface area contributed by atoms with Crippen molar-refractivity contribution in [2.45, 2.75) is 25.8 Å². The molecule has 1 aromatic carbocycles. The summed E-state index contributed by atoms with van der Waals surface area (Å²) in [5.74, 6) is 0.327. The number of hydrogen-bond acceptors (Lipinski definition) is 4. The maximum absolute atomic E-state index is 13.0. The summed E-state index contributed by atoms with van der Waals surface area (Å²) >= 11 is 0. The molecule has 0 unspecified atom stereocenters. The van der Waals surface area contributed by atoms with Gasteiger partial charge in [0.2, 0.25) is 6.43 Å².